The fourth-order valence-electron chi connectivity index (χ4n) is 0.739. The highest BCUT2D eigenvalue weighted by Crippen LogP contribution is 2.28. The molecule has 0 aliphatic carbocycles. The Morgan fingerprint density at radius 2 is 1.92 bits per heavy atom. The van der Waals surface area contributed by atoms with Crippen LogP contribution in [0, 0.1) is 0 Å². The molecule has 0 saturated carbocycles. The quantitative estimate of drug-likeness (QED) is 0.625. The second kappa shape index (κ2) is 3.23. The molecule has 0 N–H and O–H groups in total. The molecule has 0 aliphatic rings. The molecule has 12 heavy (non-hydrogen) atoms. The van der Waals surface area contributed by atoms with Crippen molar-refractivity contribution in [3.8, 4) is 0 Å². The van der Waals surface area contributed by atoms with Crippen molar-refractivity contribution in [1.29, 1.82) is 0 Å². The topological polar surface area (TPSA) is 17.1 Å². The van der Waals surface area contributed by atoms with Crippen molar-refractivity contribution in [2.24, 2.45) is 0 Å². The van der Waals surface area contributed by atoms with Crippen molar-refractivity contribution in [1.82, 2.24) is 0 Å². The molecule has 0 aromatic heterocycles. The molecule has 0 spiro atoms. The van der Waals surface area contributed by atoms with Gasteiger partial charge in [-0.25, -0.2) is 0 Å². The molecule has 0 aliphatic heterocycles. The molecule has 1 aromatic carbocycles. The van der Waals surface area contributed by atoms with E-state index in [0.717, 1.165) is 12.1 Å². The van der Waals surface area contributed by atoms with Gasteiger partial charge in [0.05, 0.1) is 5.56 Å². The Kier molecular flexibility index (Phi) is 2.48. The number of hydrogen-bond donors (Lipinski definition) is 0. The molecule has 1 nitrogen and oxygen atoms in total. The fraction of sp³-hybridized carbons (Fsp3) is 0.143. The van der Waals surface area contributed by atoms with Gasteiger partial charge in [0, 0.05) is 5.30 Å². The van der Waals surface area contributed by atoms with Gasteiger partial charge in [-0.2, -0.15) is 13.2 Å². The van der Waals surface area contributed by atoms with Crippen LogP contribution in [0.2, 0.25) is 0 Å². The summed E-state index contributed by atoms with van der Waals surface area (Å²) in [6, 6.07) is 4.39. The normalized spacial score (nSPS) is 11.9. The summed E-state index contributed by atoms with van der Waals surface area (Å²) >= 11 is 0. The molecule has 0 atom stereocenters. The number of halogens is 3. The maximum Gasteiger partial charge on any atom is 0.416 e. The standard InChI is InChI=1S/C7H4F3OP/c8-7(9,10)5-2-1-3-6(4-5)12-11/h1-4H. The van der Waals surface area contributed by atoms with Gasteiger partial charge in [-0.1, -0.05) is 6.07 Å². The molecule has 0 heterocycles. The maximum atomic E-state index is 12.0. The average molecular weight is 192 g/mol. The molecule has 5 heteroatoms. The van der Waals surface area contributed by atoms with E-state index in [1.54, 1.807) is 0 Å². The van der Waals surface area contributed by atoms with E-state index in [2.05, 4.69) is 0 Å². The Morgan fingerprint density at radius 3 is 2.42 bits per heavy atom. The molecular weight excluding hydrogens is 188 g/mol. The zero-order valence-electron chi connectivity index (χ0n) is 5.80. The van der Waals surface area contributed by atoms with E-state index in [1.165, 1.54) is 12.1 Å². The Balaban J connectivity index is 3.10. The van der Waals surface area contributed by atoms with Crippen LogP contribution in [-0.2, 0) is 10.7 Å². The third-order valence-electron chi connectivity index (χ3n) is 1.28. The summed E-state index contributed by atoms with van der Waals surface area (Å²) in [6.07, 6.45) is -4.36. The van der Waals surface area contributed by atoms with Crippen molar-refractivity contribution in [2.45, 2.75) is 6.18 Å². The van der Waals surface area contributed by atoms with Gasteiger partial charge in [0.1, 0.15) is 0 Å². The summed E-state index contributed by atoms with van der Waals surface area (Å²) < 4.78 is 46.2. The van der Waals surface area contributed by atoms with Crippen molar-refractivity contribution < 1.29 is 17.7 Å². The molecule has 0 saturated heterocycles. The largest absolute Gasteiger partial charge is 0.416 e. The maximum absolute atomic E-state index is 12.0. The molecular formula is C7H4F3OP. The summed E-state index contributed by atoms with van der Waals surface area (Å²) in [5.74, 6) is 0. The van der Waals surface area contributed by atoms with Gasteiger partial charge in [-0.3, -0.25) is 4.57 Å². The van der Waals surface area contributed by atoms with Gasteiger partial charge >= 0.3 is 6.18 Å². The first kappa shape index (κ1) is 9.20. The Bertz CT molecular complexity index is 295. The minimum atomic E-state index is -4.36. The molecule has 0 fully saturated rings. The number of rotatable bonds is 1. The van der Waals surface area contributed by atoms with Crippen molar-refractivity contribution >= 4 is 13.8 Å². The van der Waals surface area contributed by atoms with E-state index >= 15 is 0 Å². The SMILES string of the molecule is O=Pc1cccc(C(F)(F)F)c1. The van der Waals surface area contributed by atoms with Crippen LogP contribution < -0.4 is 5.30 Å². The van der Waals surface area contributed by atoms with Gasteiger partial charge in [0.2, 0.25) is 0 Å². The average Bonchev–Trinajstić information content (AvgIpc) is 2.03. The van der Waals surface area contributed by atoms with E-state index < -0.39 is 20.2 Å². The zero-order valence-corrected chi connectivity index (χ0v) is 6.69. The van der Waals surface area contributed by atoms with E-state index in [0.29, 0.717) is 0 Å². The first-order valence-electron chi connectivity index (χ1n) is 3.04. The first-order valence-corrected chi connectivity index (χ1v) is 3.86. The second-order valence-electron chi connectivity index (χ2n) is 2.14. The summed E-state index contributed by atoms with van der Waals surface area (Å²) in [5, 5.41) is 0.129. The Morgan fingerprint density at radius 1 is 1.25 bits per heavy atom. The van der Waals surface area contributed by atoms with Crippen molar-refractivity contribution in [3.05, 3.63) is 29.8 Å². The van der Waals surface area contributed by atoms with E-state index in [-0.39, 0.29) is 5.30 Å². The first-order chi connectivity index (χ1) is 5.54. The fourth-order valence-corrected chi connectivity index (χ4v) is 1.08. The van der Waals surface area contributed by atoms with Crippen LogP contribution in [0.15, 0.2) is 24.3 Å². The van der Waals surface area contributed by atoms with Gasteiger partial charge in [0.25, 0.3) is 0 Å². The Labute approximate surface area is 68.4 Å². The van der Waals surface area contributed by atoms with Crippen LogP contribution in [0.25, 0.3) is 0 Å². The summed E-state index contributed by atoms with van der Waals surface area (Å²) in [6.45, 7) is 0. The van der Waals surface area contributed by atoms with Crippen LogP contribution in [-0.4, -0.2) is 0 Å². The van der Waals surface area contributed by atoms with Crippen LogP contribution in [0.4, 0.5) is 13.2 Å². The predicted octanol–water partition coefficient (Wildman–Crippen LogP) is 2.62. The molecule has 0 radical (unpaired) electrons. The van der Waals surface area contributed by atoms with Crippen molar-refractivity contribution in [3.63, 3.8) is 0 Å². The van der Waals surface area contributed by atoms with E-state index in [1.807, 2.05) is 0 Å². The Hall–Kier alpha value is -0.890. The predicted molar refractivity (Wildman–Crippen MR) is 38.7 cm³/mol. The molecule has 0 bridgehead atoms. The minimum Gasteiger partial charge on any atom is -0.269 e. The third-order valence-corrected chi connectivity index (χ3v) is 1.77. The highest BCUT2D eigenvalue weighted by atomic mass is 31.1. The second-order valence-corrected chi connectivity index (χ2v) is 2.84. The minimum absolute atomic E-state index is 0.129. The number of alkyl halides is 3. The number of benzene rings is 1. The lowest BCUT2D eigenvalue weighted by Crippen LogP contribution is -2.07. The van der Waals surface area contributed by atoms with E-state index in [4.69, 9.17) is 0 Å². The molecule has 1 rings (SSSR count). The van der Waals surface area contributed by atoms with Crippen LogP contribution in [0.3, 0.4) is 0 Å². The summed E-state index contributed by atoms with van der Waals surface area (Å²) in [7, 11) is -0.398. The number of hydrogen-bond acceptors (Lipinski definition) is 1. The smallest absolute Gasteiger partial charge is 0.269 e. The lowest BCUT2D eigenvalue weighted by Gasteiger charge is -2.05. The summed E-state index contributed by atoms with van der Waals surface area (Å²) in [5.41, 5.74) is -0.775. The third kappa shape index (κ3) is 2.05. The lowest BCUT2D eigenvalue weighted by molar-refractivity contribution is -0.137. The molecule has 0 amide bonds. The zero-order chi connectivity index (χ0) is 9.19. The van der Waals surface area contributed by atoms with Gasteiger partial charge in [-0.05, 0) is 18.2 Å². The highest BCUT2D eigenvalue weighted by molar-refractivity contribution is 7.34. The molecule has 0 unspecified atom stereocenters. The summed E-state index contributed by atoms with van der Waals surface area (Å²) in [4.78, 5) is 0. The van der Waals surface area contributed by atoms with Crippen molar-refractivity contribution in [2.75, 3.05) is 0 Å². The van der Waals surface area contributed by atoms with E-state index in [9.17, 15) is 17.7 Å². The molecule has 1 aromatic rings. The molecule has 64 valence electrons. The highest BCUT2D eigenvalue weighted by Gasteiger charge is 2.30. The van der Waals surface area contributed by atoms with Crippen LogP contribution in [0.5, 0.6) is 0 Å². The van der Waals surface area contributed by atoms with Crippen LogP contribution in [0.1, 0.15) is 5.56 Å². The van der Waals surface area contributed by atoms with Gasteiger partial charge < -0.3 is 0 Å². The van der Waals surface area contributed by atoms with Crippen LogP contribution >= 0.6 is 8.46 Å². The van der Waals surface area contributed by atoms with Gasteiger partial charge in [-0.15, -0.1) is 0 Å². The lowest BCUT2D eigenvalue weighted by atomic mass is 10.2. The monoisotopic (exact) mass is 192 g/mol. The van der Waals surface area contributed by atoms with Gasteiger partial charge in [0.15, 0.2) is 8.46 Å².